The van der Waals surface area contributed by atoms with Crippen molar-refractivity contribution in [3.05, 3.63) is 29.6 Å². The smallest absolute Gasteiger partial charge is 0.315 e. The summed E-state index contributed by atoms with van der Waals surface area (Å²) in [4.78, 5) is 23.9. The van der Waals surface area contributed by atoms with Gasteiger partial charge in [-0.3, -0.25) is 4.79 Å². The van der Waals surface area contributed by atoms with Gasteiger partial charge in [0, 0.05) is 19.0 Å². The molecule has 1 saturated carbocycles. The predicted octanol–water partition coefficient (Wildman–Crippen LogP) is 3.42. The molecule has 1 fully saturated rings. The van der Waals surface area contributed by atoms with E-state index in [4.69, 9.17) is 4.74 Å². The van der Waals surface area contributed by atoms with Crippen molar-refractivity contribution in [3.8, 4) is 5.75 Å². The van der Waals surface area contributed by atoms with Crippen molar-refractivity contribution in [2.24, 2.45) is 0 Å². The molecular formula is C20H30FN3O3. The van der Waals surface area contributed by atoms with Gasteiger partial charge in [0.1, 0.15) is 0 Å². The highest BCUT2D eigenvalue weighted by atomic mass is 19.1. The van der Waals surface area contributed by atoms with E-state index in [0.717, 1.165) is 12.8 Å². The summed E-state index contributed by atoms with van der Waals surface area (Å²) < 4.78 is 18.6. The van der Waals surface area contributed by atoms with E-state index in [1.165, 1.54) is 32.4 Å². The van der Waals surface area contributed by atoms with Crippen LogP contribution in [0.25, 0.3) is 0 Å². The van der Waals surface area contributed by atoms with Crippen LogP contribution < -0.4 is 20.7 Å². The van der Waals surface area contributed by atoms with Gasteiger partial charge >= 0.3 is 6.03 Å². The third kappa shape index (κ3) is 7.07. The zero-order chi connectivity index (χ0) is 19.6. The normalized spacial score (nSPS) is 15.7. The lowest BCUT2D eigenvalue weighted by Crippen LogP contribution is -2.43. The minimum atomic E-state index is -0.454. The van der Waals surface area contributed by atoms with Crippen LogP contribution >= 0.6 is 0 Å². The van der Waals surface area contributed by atoms with Gasteiger partial charge in [0.15, 0.2) is 11.6 Å². The number of urea groups is 1. The molecule has 1 aromatic rings. The van der Waals surface area contributed by atoms with E-state index in [1.54, 1.807) is 19.1 Å². The summed E-state index contributed by atoms with van der Waals surface area (Å²) in [5, 5.41) is 8.62. The maximum Gasteiger partial charge on any atom is 0.315 e. The zero-order valence-electron chi connectivity index (χ0n) is 16.1. The molecule has 0 bridgehead atoms. The van der Waals surface area contributed by atoms with Crippen LogP contribution in [0.2, 0.25) is 0 Å². The van der Waals surface area contributed by atoms with E-state index >= 15 is 0 Å². The topological polar surface area (TPSA) is 79.5 Å². The first-order chi connectivity index (χ1) is 13.0. The molecule has 0 aromatic heterocycles. The van der Waals surface area contributed by atoms with Gasteiger partial charge in [-0.2, -0.15) is 0 Å². The molecule has 0 unspecified atom stereocenters. The van der Waals surface area contributed by atoms with E-state index < -0.39 is 5.82 Å². The second kappa shape index (κ2) is 10.7. The van der Waals surface area contributed by atoms with Crippen LogP contribution in [0.3, 0.4) is 0 Å². The lowest BCUT2D eigenvalue weighted by atomic mass is 9.96. The quantitative estimate of drug-likeness (QED) is 0.606. The Morgan fingerprint density at radius 1 is 1.26 bits per heavy atom. The molecule has 0 radical (unpaired) electrons. The number of carbonyl (C=O) groups excluding carboxylic acids is 2. The van der Waals surface area contributed by atoms with Gasteiger partial charge < -0.3 is 20.7 Å². The average Bonchev–Trinajstić information content (AvgIpc) is 2.66. The van der Waals surface area contributed by atoms with Crippen molar-refractivity contribution in [2.75, 3.05) is 13.7 Å². The molecule has 2 rings (SSSR count). The number of hydrogen-bond donors (Lipinski definition) is 3. The van der Waals surface area contributed by atoms with Crippen LogP contribution in [-0.4, -0.2) is 31.6 Å². The largest absolute Gasteiger partial charge is 0.494 e. The number of carbonyl (C=O) groups is 2. The molecule has 1 atom stereocenters. The number of ether oxygens (including phenoxy) is 1. The number of hydrogen-bond acceptors (Lipinski definition) is 3. The molecule has 0 saturated heterocycles. The van der Waals surface area contributed by atoms with Gasteiger partial charge in [0.2, 0.25) is 5.91 Å². The Kier molecular flexibility index (Phi) is 8.36. The minimum absolute atomic E-state index is 0.131. The SMILES string of the molecule is COc1ccc([C@H](C)NC(=O)CCCNC(=O)NC2CCCCC2)cc1F. The van der Waals surface area contributed by atoms with Crippen LogP contribution in [0, 0.1) is 5.82 Å². The van der Waals surface area contributed by atoms with Crippen LogP contribution in [0.4, 0.5) is 9.18 Å². The molecule has 27 heavy (non-hydrogen) atoms. The highest BCUT2D eigenvalue weighted by molar-refractivity contribution is 5.77. The molecule has 3 N–H and O–H groups in total. The molecule has 3 amide bonds. The van der Waals surface area contributed by atoms with Gasteiger partial charge in [0.25, 0.3) is 0 Å². The second-order valence-corrected chi connectivity index (χ2v) is 7.02. The van der Waals surface area contributed by atoms with E-state index in [0.29, 0.717) is 24.9 Å². The van der Waals surface area contributed by atoms with Crippen molar-refractivity contribution in [2.45, 2.75) is 64.0 Å². The fraction of sp³-hybridized carbons (Fsp3) is 0.600. The molecule has 0 spiro atoms. The lowest BCUT2D eigenvalue weighted by molar-refractivity contribution is -0.121. The van der Waals surface area contributed by atoms with E-state index in [2.05, 4.69) is 16.0 Å². The predicted molar refractivity (Wildman–Crippen MR) is 102 cm³/mol. The molecule has 0 aliphatic heterocycles. The first-order valence-electron chi connectivity index (χ1n) is 9.66. The Morgan fingerprint density at radius 3 is 2.67 bits per heavy atom. The third-order valence-electron chi connectivity index (χ3n) is 4.86. The molecular weight excluding hydrogens is 349 g/mol. The maximum absolute atomic E-state index is 13.8. The Morgan fingerprint density at radius 2 is 2.00 bits per heavy atom. The number of benzene rings is 1. The second-order valence-electron chi connectivity index (χ2n) is 7.02. The van der Waals surface area contributed by atoms with E-state index in [1.807, 2.05) is 0 Å². The number of rotatable bonds is 8. The molecule has 1 aromatic carbocycles. The maximum atomic E-state index is 13.8. The average molecular weight is 379 g/mol. The summed E-state index contributed by atoms with van der Waals surface area (Å²) in [5.41, 5.74) is 0.673. The number of amides is 3. The highest BCUT2D eigenvalue weighted by Gasteiger charge is 2.15. The van der Waals surface area contributed by atoms with Crippen molar-refractivity contribution in [1.82, 2.24) is 16.0 Å². The van der Waals surface area contributed by atoms with Crippen LogP contribution in [0.1, 0.15) is 63.5 Å². The monoisotopic (exact) mass is 379 g/mol. The molecule has 0 heterocycles. The van der Waals surface area contributed by atoms with Gasteiger partial charge in [-0.15, -0.1) is 0 Å². The molecule has 150 valence electrons. The van der Waals surface area contributed by atoms with Gasteiger partial charge in [-0.1, -0.05) is 25.3 Å². The number of methoxy groups -OCH3 is 1. The third-order valence-corrected chi connectivity index (χ3v) is 4.86. The summed E-state index contributed by atoms with van der Waals surface area (Å²) in [6, 6.07) is 4.44. The minimum Gasteiger partial charge on any atom is -0.494 e. The summed E-state index contributed by atoms with van der Waals surface area (Å²) >= 11 is 0. The Labute approximate surface area is 160 Å². The lowest BCUT2D eigenvalue weighted by Gasteiger charge is -2.22. The van der Waals surface area contributed by atoms with Crippen molar-refractivity contribution in [3.63, 3.8) is 0 Å². The Bertz CT molecular complexity index is 633. The van der Waals surface area contributed by atoms with Crippen molar-refractivity contribution in [1.29, 1.82) is 0 Å². The summed E-state index contributed by atoms with van der Waals surface area (Å²) in [7, 11) is 1.41. The van der Waals surface area contributed by atoms with E-state index in [9.17, 15) is 14.0 Å². The van der Waals surface area contributed by atoms with Gasteiger partial charge in [0.05, 0.1) is 13.2 Å². The molecule has 1 aliphatic carbocycles. The van der Waals surface area contributed by atoms with Crippen LogP contribution in [0.15, 0.2) is 18.2 Å². The highest BCUT2D eigenvalue weighted by Crippen LogP contribution is 2.21. The first kappa shape index (κ1) is 21.0. The van der Waals surface area contributed by atoms with Crippen LogP contribution in [0.5, 0.6) is 5.75 Å². The molecule has 7 heteroatoms. The van der Waals surface area contributed by atoms with Crippen molar-refractivity contribution < 1.29 is 18.7 Å². The first-order valence-corrected chi connectivity index (χ1v) is 9.66. The van der Waals surface area contributed by atoms with E-state index in [-0.39, 0.29) is 29.8 Å². The Balaban J connectivity index is 1.63. The fourth-order valence-corrected chi connectivity index (χ4v) is 3.28. The number of nitrogens with one attached hydrogen (secondary N) is 3. The standard InChI is InChI=1S/C20H30FN3O3/c1-14(15-10-11-18(27-2)17(21)13-15)23-19(25)9-6-12-22-20(26)24-16-7-4-3-5-8-16/h10-11,13-14,16H,3-9,12H2,1-2H3,(H,23,25)(H2,22,24,26)/t14-/m0/s1. The fourth-order valence-electron chi connectivity index (χ4n) is 3.28. The van der Waals surface area contributed by atoms with Crippen molar-refractivity contribution >= 4 is 11.9 Å². The molecule has 1 aliphatic rings. The van der Waals surface area contributed by atoms with Gasteiger partial charge in [-0.05, 0) is 43.9 Å². The summed E-state index contributed by atoms with van der Waals surface area (Å²) in [5.74, 6) is -0.410. The number of halogens is 1. The summed E-state index contributed by atoms with van der Waals surface area (Å²) in [6.07, 6.45) is 6.51. The van der Waals surface area contributed by atoms with Gasteiger partial charge in [-0.25, -0.2) is 9.18 Å². The summed E-state index contributed by atoms with van der Waals surface area (Å²) in [6.45, 7) is 2.24. The Hall–Kier alpha value is -2.31. The zero-order valence-corrected chi connectivity index (χ0v) is 16.1. The molecule has 6 nitrogen and oxygen atoms in total. The van der Waals surface area contributed by atoms with Crippen LogP contribution in [-0.2, 0) is 4.79 Å².